The predicted molar refractivity (Wildman–Crippen MR) is 115 cm³/mol. The molecule has 1 unspecified atom stereocenters. The van der Waals surface area contributed by atoms with Gasteiger partial charge in [-0.15, -0.1) is 0 Å². The van der Waals surface area contributed by atoms with Crippen molar-refractivity contribution in [1.82, 2.24) is 4.57 Å². The van der Waals surface area contributed by atoms with Crippen LogP contribution >= 0.6 is 11.3 Å². The molecule has 1 aliphatic heterocycles. The van der Waals surface area contributed by atoms with Crippen molar-refractivity contribution < 1.29 is 14.5 Å². The smallest absolute Gasteiger partial charge is 0.338 e. The van der Waals surface area contributed by atoms with E-state index in [2.05, 4.69) is 4.99 Å². The lowest BCUT2D eigenvalue weighted by atomic mass is 9.95. The summed E-state index contributed by atoms with van der Waals surface area (Å²) in [5.74, 6) is -0.643. The Morgan fingerprint density at radius 1 is 1.23 bits per heavy atom. The fourth-order valence-electron chi connectivity index (χ4n) is 3.52. The summed E-state index contributed by atoms with van der Waals surface area (Å²) in [6.07, 6.45) is 1.76. The molecular weight excluding hydrogens is 418 g/mol. The molecule has 0 amide bonds. The average molecular weight is 435 g/mol. The maximum Gasteiger partial charge on any atom is 0.338 e. The lowest BCUT2D eigenvalue weighted by molar-refractivity contribution is -0.384. The van der Waals surface area contributed by atoms with Crippen LogP contribution in [0.15, 0.2) is 75.7 Å². The number of aromatic nitrogens is 1. The number of esters is 1. The second-order valence-corrected chi connectivity index (χ2v) is 7.85. The lowest BCUT2D eigenvalue weighted by Gasteiger charge is -2.24. The number of carbonyl (C=O) groups excluding carboxylic acids is 1. The molecule has 2 heterocycles. The summed E-state index contributed by atoms with van der Waals surface area (Å²) in [4.78, 5) is 41.6. The third-order valence-electron chi connectivity index (χ3n) is 4.92. The number of nitro benzene ring substituents is 1. The number of allylic oxidation sites excluding steroid dienone is 1. The summed E-state index contributed by atoms with van der Waals surface area (Å²) in [7, 11) is 1.24. The number of nitrogens with zero attached hydrogens (tertiary/aromatic N) is 3. The number of hydrogen-bond donors (Lipinski definition) is 0. The summed E-state index contributed by atoms with van der Waals surface area (Å²) in [6, 6.07) is 14.4. The summed E-state index contributed by atoms with van der Waals surface area (Å²) in [5.41, 5.74) is 1.37. The Morgan fingerprint density at radius 2 is 1.97 bits per heavy atom. The molecule has 1 atom stereocenters. The molecule has 9 heteroatoms. The number of methoxy groups -OCH3 is 1. The van der Waals surface area contributed by atoms with Crippen molar-refractivity contribution >= 4 is 29.1 Å². The first kappa shape index (κ1) is 20.4. The van der Waals surface area contributed by atoms with Crippen molar-refractivity contribution in [3.63, 3.8) is 0 Å². The summed E-state index contributed by atoms with van der Waals surface area (Å²) in [6.45, 7) is 1.66. The number of rotatable bonds is 4. The van der Waals surface area contributed by atoms with Gasteiger partial charge >= 0.3 is 5.97 Å². The third-order valence-corrected chi connectivity index (χ3v) is 5.90. The Bertz CT molecular complexity index is 1400. The van der Waals surface area contributed by atoms with E-state index in [1.165, 1.54) is 41.2 Å². The fourth-order valence-corrected chi connectivity index (χ4v) is 4.56. The third kappa shape index (κ3) is 3.71. The molecule has 8 nitrogen and oxygen atoms in total. The van der Waals surface area contributed by atoms with Gasteiger partial charge in [-0.25, -0.2) is 9.79 Å². The molecule has 3 aromatic rings. The Hall–Kier alpha value is -3.85. The van der Waals surface area contributed by atoms with Crippen LogP contribution in [0, 0.1) is 10.1 Å². The number of carbonyl (C=O) groups is 1. The molecule has 1 aliphatic rings. The van der Waals surface area contributed by atoms with Crippen molar-refractivity contribution in [2.24, 2.45) is 4.99 Å². The van der Waals surface area contributed by atoms with E-state index >= 15 is 0 Å². The molecule has 1 aromatic heterocycles. The van der Waals surface area contributed by atoms with Crippen LogP contribution in [0.25, 0.3) is 6.08 Å². The molecule has 0 radical (unpaired) electrons. The van der Waals surface area contributed by atoms with Gasteiger partial charge in [0.05, 0.1) is 33.9 Å². The predicted octanol–water partition coefficient (Wildman–Crippen LogP) is 2.32. The van der Waals surface area contributed by atoms with Gasteiger partial charge in [0.15, 0.2) is 4.80 Å². The van der Waals surface area contributed by atoms with Crippen LogP contribution in [0.5, 0.6) is 0 Å². The minimum Gasteiger partial charge on any atom is -0.466 e. The average Bonchev–Trinajstić information content (AvgIpc) is 3.07. The molecule has 0 saturated heterocycles. The SMILES string of the molecule is COC(=O)C1=C(C)N=c2s/c(=C/c3ccccc3)c(=O)n2C1c1cccc([N+](=O)[O-])c1. The molecular formula is C22H17N3O5S. The second kappa shape index (κ2) is 8.11. The van der Waals surface area contributed by atoms with Crippen LogP contribution < -0.4 is 14.9 Å². The second-order valence-electron chi connectivity index (χ2n) is 6.84. The zero-order chi connectivity index (χ0) is 22.1. The van der Waals surface area contributed by atoms with E-state index in [1.54, 1.807) is 19.1 Å². The van der Waals surface area contributed by atoms with Gasteiger partial charge in [0.2, 0.25) is 0 Å². The van der Waals surface area contributed by atoms with Crippen molar-refractivity contribution in [1.29, 1.82) is 0 Å². The van der Waals surface area contributed by atoms with Gasteiger partial charge in [0.25, 0.3) is 11.2 Å². The number of benzene rings is 2. The van der Waals surface area contributed by atoms with Crippen molar-refractivity contribution in [2.45, 2.75) is 13.0 Å². The highest BCUT2D eigenvalue weighted by Gasteiger charge is 2.33. The Kier molecular flexibility index (Phi) is 5.35. The van der Waals surface area contributed by atoms with E-state index in [-0.39, 0.29) is 16.8 Å². The molecule has 0 N–H and O–H groups in total. The molecule has 4 rings (SSSR count). The number of thiazole rings is 1. The van der Waals surface area contributed by atoms with Gasteiger partial charge in [0, 0.05) is 12.1 Å². The number of fused-ring (bicyclic) bond motifs is 1. The molecule has 0 aliphatic carbocycles. The van der Waals surface area contributed by atoms with E-state index in [9.17, 15) is 19.7 Å². The van der Waals surface area contributed by atoms with Gasteiger partial charge in [-0.1, -0.05) is 53.8 Å². The zero-order valence-electron chi connectivity index (χ0n) is 16.6. The summed E-state index contributed by atoms with van der Waals surface area (Å²) >= 11 is 1.20. The standard InChI is InChI=1S/C22H17N3O5S/c1-13-18(21(27)30-2)19(15-9-6-10-16(12-15)25(28)29)24-20(26)17(31-22(24)23-13)11-14-7-4-3-5-8-14/h3-12,19H,1-2H3/b17-11+. The first-order chi connectivity index (χ1) is 14.9. The van der Waals surface area contributed by atoms with Crippen LogP contribution in [0.3, 0.4) is 0 Å². The van der Waals surface area contributed by atoms with Crippen molar-refractivity contribution in [2.75, 3.05) is 7.11 Å². The van der Waals surface area contributed by atoms with Crippen LogP contribution in [-0.2, 0) is 9.53 Å². The fraction of sp³-hybridized carbons (Fsp3) is 0.136. The Morgan fingerprint density at radius 3 is 2.65 bits per heavy atom. The quantitative estimate of drug-likeness (QED) is 0.355. The summed E-state index contributed by atoms with van der Waals surface area (Å²) < 4.78 is 6.78. The van der Waals surface area contributed by atoms with Gasteiger partial charge in [-0.05, 0) is 24.1 Å². The lowest BCUT2D eigenvalue weighted by Crippen LogP contribution is -2.39. The number of non-ortho nitro benzene ring substituents is 1. The van der Waals surface area contributed by atoms with E-state index in [0.717, 1.165) is 5.56 Å². The van der Waals surface area contributed by atoms with E-state index in [0.29, 0.717) is 20.6 Å². The zero-order valence-corrected chi connectivity index (χ0v) is 17.5. The molecule has 156 valence electrons. The summed E-state index contributed by atoms with van der Waals surface area (Å²) in [5, 5.41) is 11.3. The highest BCUT2D eigenvalue weighted by molar-refractivity contribution is 7.07. The van der Waals surface area contributed by atoms with Crippen LogP contribution in [0.1, 0.15) is 24.1 Å². The van der Waals surface area contributed by atoms with Crippen molar-refractivity contribution in [3.05, 3.63) is 107 Å². The minimum absolute atomic E-state index is 0.136. The molecule has 0 bridgehead atoms. The first-order valence-corrected chi connectivity index (χ1v) is 10.1. The van der Waals surface area contributed by atoms with Gasteiger partial charge < -0.3 is 4.74 Å². The maximum absolute atomic E-state index is 13.4. The van der Waals surface area contributed by atoms with Crippen LogP contribution in [0.2, 0.25) is 0 Å². The molecule has 0 fully saturated rings. The molecule has 0 spiro atoms. The van der Waals surface area contributed by atoms with E-state index < -0.39 is 16.9 Å². The molecule has 31 heavy (non-hydrogen) atoms. The number of nitro groups is 1. The Balaban J connectivity index is 2.00. The van der Waals surface area contributed by atoms with E-state index in [4.69, 9.17) is 4.74 Å². The first-order valence-electron chi connectivity index (χ1n) is 9.31. The molecule has 2 aromatic carbocycles. The van der Waals surface area contributed by atoms with E-state index in [1.807, 2.05) is 30.3 Å². The van der Waals surface area contributed by atoms with Crippen LogP contribution in [0.4, 0.5) is 5.69 Å². The van der Waals surface area contributed by atoms with Crippen molar-refractivity contribution in [3.8, 4) is 0 Å². The highest BCUT2D eigenvalue weighted by Crippen LogP contribution is 2.32. The number of ether oxygens (including phenoxy) is 1. The monoisotopic (exact) mass is 435 g/mol. The van der Waals surface area contributed by atoms with Crippen LogP contribution in [-0.4, -0.2) is 22.6 Å². The largest absolute Gasteiger partial charge is 0.466 e. The normalized spacial score (nSPS) is 15.9. The minimum atomic E-state index is -0.887. The molecule has 0 saturated carbocycles. The topological polar surface area (TPSA) is 104 Å². The van der Waals surface area contributed by atoms with Gasteiger partial charge in [-0.2, -0.15) is 0 Å². The Labute approximate surface area is 180 Å². The highest BCUT2D eigenvalue weighted by atomic mass is 32.1. The maximum atomic E-state index is 13.4. The van der Waals surface area contributed by atoms with Gasteiger partial charge in [-0.3, -0.25) is 19.5 Å². The van der Waals surface area contributed by atoms with Gasteiger partial charge in [0.1, 0.15) is 0 Å². The number of hydrogen-bond acceptors (Lipinski definition) is 7.